The van der Waals surface area contributed by atoms with E-state index in [1.54, 1.807) is 0 Å². The zero-order chi connectivity index (χ0) is 25.4. The molecule has 1 saturated heterocycles. The van der Waals surface area contributed by atoms with Crippen molar-refractivity contribution in [3.05, 3.63) is 108 Å². The van der Waals surface area contributed by atoms with Gasteiger partial charge in [-0.1, -0.05) is 91.0 Å². The van der Waals surface area contributed by atoms with E-state index in [1.807, 2.05) is 91.0 Å². The van der Waals surface area contributed by atoms with Crippen LogP contribution in [0, 0.1) is 0 Å². The Morgan fingerprint density at radius 2 is 1.03 bits per heavy atom. The van der Waals surface area contributed by atoms with Gasteiger partial charge < -0.3 is 24.1 Å². The van der Waals surface area contributed by atoms with E-state index in [-0.39, 0.29) is 19.8 Å². The van der Waals surface area contributed by atoms with Gasteiger partial charge in [0.1, 0.15) is 30.2 Å². The molecule has 0 radical (unpaired) electrons. The predicted molar refractivity (Wildman–Crippen MR) is 132 cm³/mol. The Hall–Kier alpha value is -2.63. The second-order valence-corrected chi connectivity index (χ2v) is 10.1. The van der Waals surface area contributed by atoms with Crippen molar-refractivity contribution in [1.82, 2.24) is 0 Å². The van der Waals surface area contributed by atoms with Crippen LogP contribution >= 0.6 is 0 Å². The van der Waals surface area contributed by atoms with Gasteiger partial charge >= 0.3 is 0 Å². The molecule has 1 fully saturated rings. The van der Waals surface area contributed by atoms with Crippen LogP contribution in [-0.2, 0) is 48.9 Å². The highest BCUT2D eigenvalue weighted by molar-refractivity contribution is 7.85. The molecule has 5 atom stereocenters. The highest BCUT2D eigenvalue weighted by Gasteiger charge is 2.49. The average molecular weight is 515 g/mol. The minimum atomic E-state index is -4.44. The third kappa shape index (κ3) is 7.68. The molecular weight excluding hydrogens is 484 g/mol. The Morgan fingerprint density at radius 1 is 0.639 bits per heavy atom. The first-order valence-electron chi connectivity index (χ1n) is 11.6. The van der Waals surface area contributed by atoms with Crippen molar-refractivity contribution in [1.29, 1.82) is 0 Å². The Bertz CT molecular complexity index is 1160. The van der Waals surface area contributed by atoms with Gasteiger partial charge in [0.15, 0.2) is 6.29 Å². The van der Waals surface area contributed by atoms with Gasteiger partial charge in [-0.15, -0.1) is 0 Å². The van der Waals surface area contributed by atoms with Gasteiger partial charge in [0.25, 0.3) is 10.1 Å². The van der Waals surface area contributed by atoms with Crippen molar-refractivity contribution in [2.24, 2.45) is 0 Å². The monoisotopic (exact) mass is 514 g/mol. The van der Waals surface area contributed by atoms with Gasteiger partial charge in [-0.05, 0) is 16.7 Å². The number of hydrogen-bond acceptors (Lipinski definition) is 7. The van der Waals surface area contributed by atoms with Crippen molar-refractivity contribution in [3.63, 3.8) is 0 Å². The predicted octanol–water partition coefficient (Wildman–Crippen LogP) is 3.35. The van der Waals surface area contributed by atoms with Crippen LogP contribution in [0.1, 0.15) is 16.7 Å². The third-order valence-corrected chi connectivity index (χ3v) is 6.59. The smallest absolute Gasteiger partial charge is 0.267 e. The van der Waals surface area contributed by atoms with E-state index in [1.165, 1.54) is 0 Å². The van der Waals surface area contributed by atoms with E-state index in [9.17, 15) is 18.1 Å². The number of rotatable bonds is 11. The van der Waals surface area contributed by atoms with Crippen LogP contribution in [0.5, 0.6) is 0 Å². The summed E-state index contributed by atoms with van der Waals surface area (Å²) in [5.41, 5.74) is 2.62. The van der Waals surface area contributed by atoms with E-state index in [0.29, 0.717) is 0 Å². The lowest BCUT2D eigenvalue weighted by atomic mass is 9.98. The van der Waals surface area contributed by atoms with Crippen LogP contribution in [0.15, 0.2) is 91.0 Å². The molecular formula is C27H30O8S. The van der Waals surface area contributed by atoms with Crippen molar-refractivity contribution in [3.8, 4) is 0 Å². The summed E-state index contributed by atoms with van der Waals surface area (Å²) in [5, 5.41) is 10.8. The quantitative estimate of drug-likeness (QED) is 0.375. The van der Waals surface area contributed by atoms with Gasteiger partial charge in [0.05, 0.1) is 19.8 Å². The average Bonchev–Trinajstić information content (AvgIpc) is 2.87. The topological polar surface area (TPSA) is 112 Å². The van der Waals surface area contributed by atoms with E-state index < -0.39 is 46.6 Å². The molecule has 1 heterocycles. The van der Waals surface area contributed by atoms with Gasteiger partial charge in [-0.3, -0.25) is 4.55 Å². The molecule has 0 spiro atoms. The van der Waals surface area contributed by atoms with Gasteiger partial charge in [-0.2, -0.15) is 8.42 Å². The fourth-order valence-electron chi connectivity index (χ4n) is 4.11. The highest BCUT2D eigenvalue weighted by atomic mass is 32.2. The molecule has 1 aliphatic heterocycles. The number of aliphatic hydroxyl groups is 1. The van der Waals surface area contributed by atoms with Crippen molar-refractivity contribution in [2.45, 2.75) is 50.5 Å². The maximum atomic E-state index is 11.8. The maximum absolute atomic E-state index is 11.8. The summed E-state index contributed by atoms with van der Waals surface area (Å²) in [6.45, 7) is 0.488. The summed E-state index contributed by atoms with van der Waals surface area (Å²) in [5.74, 6) is -0.764. The van der Waals surface area contributed by atoms with E-state index >= 15 is 0 Å². The third-order valence-electron chi connectivity index (χ3n) is 5.84. The normalized spacial score (nSPS) is 24.4. The van der Waals surface area contributed by atoms with Gasteiger partial charge in [-0.25, -0.2) is 0 Å². The lowest BCUT2D eigenvalue weighted by Crippen LogP contribution is -2.61. The molecule has 0 bridgehead atoms. The molecule has 0 aromatic heterocycles. The van der Waals surface area contributed by atoms with E-state index in [4.69, 9.17) is 18.9 Å². The molecule has 0 amide bonds. The molecule has 0 unspecified atom stereocenters. The molecule has 4 rings (SSSR count). The first-order valence-corrected chi connectivity index (χ1v) is 13.3. The fraction of sp³-hybridized carbons (Fsp3) is 0.333. The summed E-state index contributed by atoms with van der Waals surface area (Å²) in [4.78, 5) is 0. The Kier molecular flexibility index (Phi) is 9.22. The van der Waals surface area contributed by atoms with Gasteiger partial charge in [0.2, 0.25) is 0 Å². The van der Waals surface area contributed by atoms with Crippen molar-refractivity contribution in [2.75, 3.05) is 5.75 Å². The summed E-state index contributed by atoms with van der Waals surface area (Å²) in [7, 11) is -4.44. The highest BCUT2D eigenvalue weighted by Crippen LogP contribution is 2.30. The molecule has 36 heavy (non-hydrogen) atoms. The minimum Gasteiger partial charge on any atom is -0.368 e. The Balaban J connectivity index is 1.60. The number of benzene rings is 3. The fourth-order valence-corrected chi connectivity index (χ4v) is 4.79. The molecule has 2 N–H and O–H groups in total. The zero-order valence-corrected chi connectivity index (χ0v) is 20.4. The summed E-state index contributed by atoms with van der Waals surface area (Å²) in [6.07, 6.45) is -5.52. The minimum absolute atomic E-state index is 0.142. The van der Waals surface area contributed by atoms with Crippen LogP contribution in [0.25, 0.3) is 0 Å². The first-order chi connectivity index (χ1) is 17.4. The summed E-state index contributed by atoms with van der Waals surface area (Å²) in [6, 6.07) is 28.2. The molecule has 1 aliphatic rings. The van der Waals surface area contributed by atoms with E-state index in [0.717, 1.165) is 16.7 Å². The second kappa shape index (κ2) is 12.6. The van der Waals surface area contributed by atoms with Crippen LogP contribution in [-0.4, -0.2) is 54.5 Å². The van der Waals surface area contributed by atoms with Crippen LogP contribution < -0.4 is 0 Å². The van der Waals surface area contributed by atoms with Crippen molar-refractivity contribution >= 4 is 10.1 Å². The first kappa shape index (κ1) is 26.4. The lowest BCUT2D eigenvalue weighted by Gasteiger charge is -2.44. The van der Waals surface area contributed by atoms with Crippen LogP contribution in [0.3, 0.4) is 0 Å². The largest absolute Gasteiger partial charge is 0.368 e. The standard InChI is InChI=1S/C27H30O8S/c28-27-26(34-18-22-14-8-3-9-15-22)25(33-17-21-12-6-2-7-13-21)24(23(35-27)19-36(29,30)31)32-16-20-10-4-1-5-11-20/h1-15,23-28H,16-19H2,(H,29,30,31)/t23-,24-,25+,26-,27+/m1/s1. The molecule has 0 saturated carbocycles. The Morgan fingerprint density at radius 3 is 1.44 bits per heavy atom. The maximum Gasteiger partial charge on any atom is 0.267 e. The zero-order valence-electron chi connectivity index (χ0n) is 19.6. The molecule has 9 heteroatoms. The molecule has 192 valence electrons. The second-order valence-electron chi connectivity index (χ2n) is 8.60. The molecule has 3 aromatic carbocycles. The SMILES string of the molecule is O=S(=O)(O)C[C@H]1O[C@H](O)[C@H](OCc2ccccc2)[C@@H](OCc2ccccc2)[C@@H]1OCc1ccccc1. The molecule has 8 nitrogen and oxygen atoms in total. The molecule has 3 aromatic rings. The Labute approximate surface area is 211 Å². The molecule has 0 aliphatic carbocycles. The van der Waals surface area contributed by atoms with Crippen LogP contribution in [0.2, 0.25) is 0 Å². The number of aliphatic hydroxyl groups excluding tert-OH is 1. The van der Waals surface area contributed by atoms with Crippen LogP contribution in [0.4, 0.5) is 0 Å². The number of ether oxygens (including phenoxy) is 4. The summed E-state index contributed by atoms with van der Waals surface area (Å²) >= 11 is 0. The van der Waals surface area contributed by atoms with E-state index in [2.05, 4.69) is 0 Å². The number of hydrogen-bond donors (Lipinski definition) is 2. The summed E-state index contributed by atoms with van der Waals surface area (Å²) < 4.78 is 57.1. The lowest BCUT2D eigenvalue weighted by molar-refractivity contribution is -0.307. The van der Waals surface area contributed by atoms with Crippen molar-refractivity contribution < 1.29 is 37.0 Å². The van der Waals surface area contributed by atoms with Gasteiger partial charge in [0, 0.05) is 0 Å².